The Hall–Kier alpha value is -2.72. The molecule has 1 aliphatic rings. The third-order valence-corrected chi connectivity index (χ3v) is 6.49. The van der Waals surface area contributed by atoms with Gasteiger partial charge in [-0.1, -0.05) is 78.3 Å². The van der Waals surface area contributed by atoms with Crippen LogP contribution in [-0.4, -0.2) is 41.0 Å². The summed E-state index contributed by atoms with van der Waals surface area (Å²) in [5.74, 6) is 0. The van der Waals surface area contributed by atoms with E-state index >= 15 is 0 Å². The maximum absolute atomic E-state index is 6.33. The van der Waals surface area contributed by atoms with Crippen molar-refractivity contribution in [3.8, 4) is 11.1 Å². The molecule has 0 unspecified atom stereocenters. The fraction of sp³-hybridized carbons (Fsp3) is 0.222. The zero-order valence-electron chi connectivity index (χ0n) is 17.5. The average Bonchev–Trinajstić information content (AvgIpc) is 2.82. The summed E-state index contributed by atoms with van der Waals surface area (Å²) in [6.07, 6.45) is 1.87. The van der Waals surface area contributed by atoms with Crippen molar-refractivity contribution in [1.82, 2.24) is 14.8 Å². The van der Waals surface area contributed by atoms with E-state index in [9.17, 15) is 0 Å². The zero-order chi connectivity index (χ0) is 21.0. The number of pyridine rings is 1. The van der Waals surface area contributed by atoms with Crippen molar-refractivity contribution in [3.05, 3.63) is 101 Å². The highest BCUT2D eigenvalue weighted by molar-refractivity contribution is 6.31. The molecule has 0 amide bonds. The number of halogens is 1. The number of fused-ring (bicyclic) bond motifs is 1. The number of nitrogens with zero attached hydrogens (tertiary/aromatic N) is 3. The van der Waals surface area contributed by atoms with E-state index < -0.39 is 0 Å². The summed E-state index contributed by atoms with van der Waals surface area (Å²) in [5.41, 5.74) is 6.05. The molecule has 1 aromatic heterocycles. The third kappa shape index (κ3) is 4.64. The van der Waals surface area contributed by atoms with Gasteiger partial charge in [0, 0.05) is 61.4 Å². The minimum Gasteiger partial charge on any atom is -0.297 e. The molecule has 0 aliphatic carbocycles. The lowest BCUT2D eigenvalue weighted by Crippen LogP contribution is -2.45. The van der Waals surface area contributed by atoms with Gasteiger partial charge in [0.05, 0.1) is 5.52 Å². The van der Waals surface area contributed by atoms with Crippen molar-refractivity contribution in [2.75, 3.05) is 26.2 Å². The van der Waals surface area contributed by atoms with Crippen molar-refractivity contribution in [1.29, 1.82) is 0 Å². The first-order valence-corrected chi connectivity index (χ1v) is 11.3. The molecular weight excluding hydrogens is 402 g/mol. The minimum atomic E-state index is 0.867. The van der Waals surface area contributed by atoms with Crippen molar-refractivity contribution >= 4 is 22.5 Å². The van der Waals surface area contributed by atoms with E-state index in [4.69, 9.17) is 11.6 Å². The Bertz CT molecular complexity index is 1160. The first-order valence-electron chi connectivity index (χ1n) is 10.9. The fourth-order valence-electron chi connectivity index (χ4n) is 4.36. The van der Waals surface area contributed by atoms with Gasteiger partial charge >= 0.3 is 0 Å². The molecule has 0 N–H and O–H groups in total. The van der Waals surface area contributed by atoms with Gasteiger partial charge in [-0.15, -0.1) is 0 Å². The molecule has 4 aromatic rings. The SMILES string of the molecule is Clc1ccccc1CN1CCN(Cc2ccc(-c3cccc4cccnc34)cc2)CC1. The van der Waals surface area contributed by atoms with Crippen LogP contribution < -0.4 is 0 Å². The van der Waals surface area contributed by atoms with Gasteiger partial charge in [0.2, 0.25) is 0 Å². The maximum atomic E-state index is 6.33. The lowest BCUT2D eigenvalue weighted by atomic mass is 10.0. The van der Waals surface area contributed by atoms with Gasteiger partial charge < -0.3 is 0 Å². The second-order valence-electron chi connectivity index (χ2n) is 8.22. The molecule has 0 saturated carbocycles. The molecule has 0 bridgehead atoms. The quantitative estimate of drug-likeness (QED) is 0.397. The molecule has 31 heavy (non-hydrogen) atoms. The zero-order valence-corrected chi connectivity index (χ0v) is 18.3. The van der Waals surface area contributed by atoms with Gasteiger partial charge in [-0.05, 0) is 28.8 Å². The Kier molecular flexibility index (Phi) is 5.99. The van der Waals surface area contributed by atoms with Crippen molar-refractivity contribution < 1.29 is 0 Å². The summed E-state index contributed by atoms with van der Waals surface area (Å²) in [5, 5.41) is 2.05. The van der Waals surface area contributed by atoms with Crippen LogP contribution >= 0.6 is 11.6 Å². The number of para-hydroxylation sites is 1. The van der Waals surface area contributed by atoms with Crippen LogP contribution in [0.2, 0.25) is 5.02 Å². The summed E-state index contributed by atoms with van der Waals surface area (Å²) in [4.78, 5) is 9.63. The van der Waals surface area contributed by atoms with Crippen molar-refractivity contribution in [3.63, 3.8) is 0 Å². The topological polar surface area (TPSA) is 19.4 Å². The number of benzene rings is 3. The number of rotatable bonds is 5. The number of hydrogen-bond donors (Lipinski definition) is 0. The predicted octanol–water partition coefficient (Wildman–Crippen LogP) is 5.87. The highest BCUT2D eigenvalue weighted by Gasteiger charge is 2.18. The first-order chi connectivity index (χ1) is 15.3. The molecular formula is C27H26ClN3. The molecule has 0 spiro atoms. The van der Waals surface area contributed by atoms with Crippen molar-refractivity contribution in [2.24, 2.45) is 0 Å². The molecule has 1 fully saturated rings. The van der Waals surface area contributed by atoms with E-state index in [1.165, 1.54) is 27.6 Å². The van der Waals surface area contributed by atoms with Crippen LogP contribution in [0.3, 0.4) is 0 Å². The Morgan fingerprint density at radius 1 is 0.710 bits per heavy atom. The largest absolute Gasteiger partial charge is 0.297 e. The van der Waals surface area contributed by atoms with E-state index in [0.29, 0.717) is 0 Å². The molecule has 3 nitrogen and oxygen atoms in total. The standard InChI is InChI=1S/C27H26ClN3/c28-26-9-2-1-5-24(26)20-31-17-15-30(16-18-31)19-21-10-12-22(13-11-21)25-8-3-6-23-7-4-14-29-27(23)25/h1-14H,15-20H2. The van der Waals surface area contributed by atoms with E-state index in [2.05, 4.69) is 75.4 Å². The molecule has 5 rings (SSSR count). The van der Waals surface area contributed by atoms with Crippen LogP contribution in [-0.2, 0) is 13.1 Å². The lowest BCUT2D eigenvalue weighted by Gasteiger charge is -2.35. The Morgan fingerprint density at radius 3 is 2.19 bits per heavy atom. The van der Waals surface area contributed by atoms with Gasteiger partial charge in [-0.3, -0.25) is 14.8 Å². The van der Waals surface area contributed by atoms with Crippen LogP contribution in [0, 0.1) is 0 Å². The molecule has 3 aromatic carbocycles. The molecule has 1 aliphatic heterocycles. The van der Waals surface area contributed by atoms with Gasteiger partial charge in [-0.25, -0.2) is 0 Å². The van der Waals surface area contributed by atoms with Crippen LogP contribution in [0.25, 0.3) is 22.0 Å². The molecule has 0 radical (unpaired) electrons. The summed E-state index contributed by atoms with van der Waals surface area (Å²) >= 11 is 6.33. The van der Waals surface area contributed by atoms with Gasteiger partial charge in [0.1, 0.15) is 0 Å². The van der Waals surface area contributed by atoms with Crippen LogP contribution in [0.1, 0.15) is 11.1 Å². The maximum Gasteiger partial charge on any atom is 0.0780 e. The fourth-order valence-corrected chi connectivity index (χ4v) is 4.55. The van der Waals surface area contributed by atoms with Gasteiger partial charge in [0.15, 0.2) is 0 Å². The van der Waals surface area contributed by atoms with Gasteiger partial charge in [-0.2, -0.15) is 0 Å². The molecule has 4 heteroatoms. The van der Waals surface area contributed by atoms with E-state index in [1.54, 1.807) is 0 Å². The third-order valence-electron chi connectivity index (χ3n) is 6.12. The van der Waals surface area contributed by atoms with Crippen LogP contribution in [0.4, 0.5) is 0 Å². The molecule has 0 atom stereocenters. The Morgan fingerprint density at radius 2 is 1.42 bits per heavy atom. The average molecular weight is 428 g/mol. The second-order valence-corrected chi connectivity index (χ2v) is 8.63. The van der Waals surface area contributed by atoms with Gasteiger partial charge in [0.25, 0.3) is 0 Å². The summed E-state index contributed by atoms with van der Waals surface area (Å²) < 4.78 is 0. The highest BCUT2D eigenvalue weighted by atomic mass is 35.5. The minimum absolute atomic E-state index is 0.867. The smallest absolute Gasteiger partial charge is 0.0780 e. The molecule has 156 valence electrons. The monoisotopic (exact) mass is 427 g/mol. The normalized spacial score (nSPS) is 15.4. The summed E-state index contributed by atoms with van der Waals surface area (Å²) in [6.45, 7) is 6.24. The van der Waals surface area contributed by atoms with E-state index in [-0.39, 0.29) is 0 Å². The van der Waals surface area contributed by atoms with E-state index in [0.717, 1.165) is 49.8 Å². The summed E-state index contributed by atoms with van der Waals surface area (Å²) in [7, 11) is 0. The van der Waals surface area contributed by atoms with E-state index in [1.807, 2.05) is 24.4 Å². The lowest BCUT2D eigenvalue weighted by molar-refractivity contribution is 0.122. The molecule has 1 saturated heterocycles. The van der Waals surface area contributed by atoms with Crippen molar-refractivity contribution in [2.45, 2.75) is 13.1 Å². The van der Waals surface area contributed by atoms with Crippen LogP contribution in [0.15, 0.2) is 85.1 Å². The Balaban J connectivity index is 1.20. The number of hydrogen-bond acceptors (Lipinski definition) is 3. The number of piperazine rings is 1. The highest BCUT2D eigenvalue weighted by Crippen LogP contribution is 2.27. The number of aromatic nitrogens is 1. The second kappa shape index (κ2) is 9.19. The Labute approximate surface area is 188 Å². The summed E-state index contributed by atoms with van der Waals surface area (Å²) in [6, 6.07) is 27.6. The molecule has 2 heterocycles. The van der Waals surface area contributed by atoms with Crippen LogP contribution in [0.5, 0.6) is 0 Å². The first kappa shape index (κ1) is 20.2. The predicted molar refractivity (Wildman–Crippen MR) is 129 cm³/mol.